The van der Waals surface area contributed by atoms with Crippen molar-refractivity contribution >= 4 is 43.6 Å². The van der Waals surface area contributed by atoms with Crippen molar-refractivity contribution in [3.8, 4) is 56.1 Å². The van der Waals surface area contributed by atoms with Crippen molar-refractivity contribution in [3.63, 3.8) is 0 Å². The monoisotopic (exact) mass is 729 g/mol. The van der Waals surface area contributed by atoms with Crippen LogP contribution < -0.4 is 0 Å². The van der Waals surface area contributed by atoms with Gasteiger partial charge in [-0.3, -0.25) is 0 Å². The van der Waals surface area contributed by atoms with Gasteiger partial charge in [-0.1, -0.05) is 165 Å². The van der Waals surface area contributed by atoms with Gasteiger partial charge in [0, 0.05) is 43.9 Å². The fourth-order valence-corrected chi connectivity index (χ4v) is 8.53. The van der Waals surface area contributed by atoms with Crippen LogP contribution in [0.1, 0.15) is 7.43 Å². The molecule has 0 saturated carbocycles. The predicted octanol–water partition coefficient (Wildman–Crippen LogP) is 14.6. The van der Waals surface area contributed by atoms with Crippen LogP contribution in [0.4, 0.5) is 0 Å². The van der Waals surface area contributed by atoms with E-state index < -0.39 is 0 Å². The molecule has 0 fully saturated rings. The van der Waals surface area contributed by atoms with Gasteiger partial charge in [-0.2, -0.15) is 0 Å². The zero-order valence-electron chi connectivity index (χ0n) is 30.5. The highest BCUT2D eigenvalue weighted by Crippen LogP contribution is 2.40. The molecule has 0 aliphatic heterocycles. The second-order valence-electron chi connectivity index (χ2n) is 14.4. The van der Waals surface area contributed by atoms with E-state index >= 15 is 0 Å². The Morgan fingerprint density at radius 1 is 0.298 bits per heavy atom. The highest BCUT2D eigenvalue weighted by atomic mass is 15.0. The average Bonchev–Trinajstić information content (AvgIpc) is 3.80. The van der Waals surface area contributed by atoms with Crippen molar-refractivity contribution in [2.75, 3.05) is 0 Å². The molecule has 270 valence electrons. The lowest BCUT2D eigenvalue weighted by Crippen LogP contribution is -2.00. The van der Waals surface area contributed by atoms with E-state index in [2.05, 4.69) is 209 Å². The van der Waals surface area contributed by atoms with Gasteiger partial charge in [-0.15, -0.1) is 0 Å². The van der Waals surface area contributed by atoms with E-state index in [9.17, 15) is 0 Å². The van der Waals surface area contributed by atoms with Crippen LogP contribution in [0.15, 0.2) is 212 Å². The van der Waals surface area contributed by atoms with Crippen LogP contribution in [-0.4, -0.2) is 14.1 Å². The third-order valence-corrected chi connectivity index (χ3v) is 11.1. The molecular weight excluding hydrogens is 691 g/mol. The summed E-state index contributed by atoms with van der Waals surface area (Å²) in [7, 11) is 0. The Morgan fingerprint density at radius 3 is 1.18 bits per heavy atom. The van der Waals surface area contributed by atoms with Gasteiger partial charge >= 0.3 is 0 Å². The summed E-state index contributed by atoms with van der Waals surface area (Å²) in [5.41, 5.74) is 15.7. The summed E-state index contributed by atoms with van der Waals surface area (Å²) in [6, 6.07) is 76.3. The Balaban J connectivity index is 0.00000396. The van der Waals surface area contributed by atoms with Crippen LogP contribution in [0, 0.1) is 0 Å². The topological polar surface area (TPSA) is 22.8 Å². The van der Waals surface area contributed by atoms with E-state index in [-0.39, 0.29) is 7.43 Å². The number of hydrogen-bond donors (Lipinski definition) is 0. The van der Waals surface area contributed by atoms with E-state index in [1.165, 1.54) is 43.6 Å². The fourth-order valence-electron chi connectivity index (χ4n) is 8.53. The molecule has 3 heterocycles. The predicted molar refractivity (Wildman–Crippen MR) is 241 cm³/mol. The Bertz CT molecular complexity index is 3060. The minimum atomic E-state index is 0. The van der Waals surface area contributed by atoms with Crippen LogP contribution in [0.5, 0.6) is 0 Å². The Hall–Kier alpha value is -7.49. The number of fused-ring (bicyclic) bond motifs is 6. The molecule has 0 saturated heterocycles. The van der Waals surface area contributed by atoms with Gasteiger partial charge in [0.1, 0.15) is 0 Å². The smallest absolute Gasteiger partial charge is 0.0715 e. The summed E-state index contributed by atoms with van der Waals surface area (Å²) in [5.74, 6) is 0. The SMILES string of the molecule is C.c1ccc(-c2cc(-c3ccc(-c4cc(-n5c6ccccc6c6ccccc65)ccc4-n4c5ccccc5c5ccccc54)cc3)cc(-c3ccccc3)n2)cc1. The van der Waals surface area contributed by atoms with Crippen LogP contribution in [0.2, 0.25) is 0 Å². The van der Waals surface area contributed by atoms with E-state index in [1.807, 2.05) is 12.1 Å². The number of rotatable bonds is 6. The minimum Gasteiger partial charge on any atom is -0.309 e. The largest absolute Gasteiger partial charge is 0.309 e. The van der Waals surface area contributed by atoms with Crippen molar-refractivity contribution in [1.29, 1.82) is 0 Å². The molecule has 8 aromatic carbocycles. The lowest BCUT2D eigenvalue weighted by atomic mass is 9.96. The molecule has 57 heavy (non-hydrogen) atoms. The van der Waals surface area contributed by atoms with Gasteiger partial charge in [0.05, 0.1) is 39.1 Å². The molecule has 0 spiro atoms. The summed E-state index contributed by atoms with van der Waals surface area (Å²) >= 11 is 0. The van der Waals surface area contributed by atoms with Crippen molar-refractivity contribution in [3.05, 3.63) is 212 Å². The molecule has 0 amide bonds. The van der Waals surface area contributed by atoms with Crippen molar-refractivity contribution in [2.45, 2.75) is 7.43 Å². The highest BCUT2D eigenvalue weighted by molar-refractivity contribution is 6.11. The maximum atomic E-state index is 5.13. The molecule has 11 rings (SSSR count). The summed E-state index contributed by atoms with van der Waals surface area (Å²) in [4.78, 5) is 5.13. The van der Waals surface area contributed by atoms with E-state index in [0.717, 1.165) is 56.1 Å². The number of nitrogens with zero attached hydrogens (tertiary/aromatic N) is 3. The van der Waals surface area contributed by atoms with Crippen LogP contribution in [-0.2, 0) is 0 Å². The number of pyridine rings is 1. The van der Waals surface area contributed by atoms with Crippen LogP contribution in [0.3, 0.4) is 0 Å². The molecule has 3 nitrogen and oxygen atoms in total. The standard InChI is InChI=1S/C53H35N3.CH4/c1-3-15-38(16-4-1)47-33-40(34-48(54-47)39-17-5-2-6-18-39)36-27-29-37(30-28-36)46-35-41(55-49-23-11-7-19-42(49)43-20-8-12-24-50(43)55)31-32-53(46)56-51-25-13-9-21-44(51)45-22-10-14-26-52(45)56;/h1-35H;1H4. The van der Waals surface area contributed by atoms with Gasteiger partial charge in [-0.25, -0.2) is 4.98 Å². The molecule has 0 atom stereocenters. The maximum Gasteiger partial charge on any atom is 0.0715 e. The molecule has 0 N–H and O–H groups in total. The summed E-state index contributed by atoms with van der Waals surface area (Å²) in [6.07, 6.45) is 0. The second kappa shape index (κ2) is 14.0. The molecular formula is C54H39N3. The van der Waals surface area contributed by atoms with Gasteiger partial charge in [0.2, 0.25) is 0 Å². The highest BCUT2D eigenvalue weighted by Gasteiger charge is 2.19. The molecule has 3 heteroatoms. The van der Waals surface area contributed by atoms with Crippen LogP contribution >= 0.6 is 0 Å². The summed E-state index contributed by atoms with van der Waals surface area (Å²) in [5, 5.41) is 5.00. The van der Waals surface area contributed by atoms with Crippen molar-refractivity contribution < 1.29 is 0 Å². The van der Waals surface area contributed by atoms with Gasteiger partial charge in [0.15, 0.2) is 0 Å². The zero-order valence-corrected chi connectivity index (χ0v) is 30.5. The van der Waals surface area contributed by atoms with Crippen molar-refractivity contribution in [2.24, 2.45) is 0 Å². The normalized spacial score (nSPS) is 11.4. The minimum absolute atomic E-state index is 0. The van der Waals surface area contributed by atoms with Gasteiger partial charge in [0.25, 0.3) is 0 Å². The molecule has 0 unspecified atom stereocenters. The third-order valence-electron chi connectivity index (χ3n) is 11.1. The lowest BCUT2D eigenvalue weighted by Gasteiger charge is -2.18. The summed E-state index contributed by atoms with van der Waals surface area (Å²) < 4.78 is 4.84. The van der Waals surface area contributed by atoms with Gasteiger partial charge < -0.3 is 9.13 Å². The number of benzene rings is 8. The average molecular weight is 730 g/mol. The van der Waals surface area contributed by atoms with Crippen LogP contribution in [0.25, 0.3) is 99.8 Å². The molecule has 0 radical (unpaired) electrons. The van der Waals surface area contributed by atoms with Crippen molar-refractivity contribution in [1.82, 2.24) is 14.1 Å². The van der Waals surface area contributed by atoms with Gasteiger partial charge in [-0.05, 0) is 71.3 Å². The first-order chi connectivity index (χ1) is 27.8. The maximum absolute atomic E-state index is 5.13. The Kier molecular flexibility index (Phi) is 8.35. The van der Waals surface area contributed by atoms with E-state index in [0.29, 0.717) is 0 Å². The summed E-state index contributed by atoms with van der Waals surface area (Å²) in [6.45, 7) is 0. The molecule has 0 aliphatic carbocycles. The molecule has 11 aromatic rings. The second-order valence-corrected chi connectivity index (χ2v) is 14.4. The lowest BCUT2D eigenvalue weighted by molar-refractivity contribution is 1.15. The Morgan fingerprint density at radius 2 is 0.702 bits per heavy atom. The fraction of sp³-hybridized carbons (Fsp3) is 0.0185. The number of hydrogen-bond acceptors (Lipinski definition) is 1. The first-order valence-corrected chi connectivity index (χ1v) is 19.1. The third kappa shape index (κ3) is 5.71. The Labute approximate surface area is 332 Å². The zero-order chi connectivity index (χ0) is 37.0. The van der Waals surface area contributed by atoms with E-state index in [1.54, 1.807) is 0 Å². The van der Waals surface area contributed by atoms with E-state index in [4.69, 9.17) is 4.98 Å². The first kappa shape index (κ1) is 34.0. The molecule has 3 aromatic heterocycles. The quantitative estimate of drug-likeness (QED) is 0.167. The number of para-hydroxylation sites is 4. The number of aromatic nitrogens is 3. The first-order valence-electron chi connectivity index (χ1n) is 19.1. The molecule has 0 aliphatic rings. The molecule has 0 bridgehead atoms.